The van der Waals surface area contributed by atoms with Crippen molar-refractivity contribution in [2.24, 2.45) is 0 Å². The topological polar surface area (TPSA) is 47.6 Å². The van der Waals surface area contributed by atoms with E-state index < -0.39 is 11.7 Å². The molecule has 0 spiro atoms. The molecule has 1 N–H and O–H groups in total. The van der Waals surface area contributed by atoms with E-state index in [1.54, 1.807) is 32.9 Å². The number of carbonyl (C=O) groups is 1. The molecule has 1 unspecified atom stereocenters. The molecule has 110 valence electrons. The van der Waals surface area contributed by atoms with Crippen LogP contribution in [0.4, 0.5) is 9.18 Å². The van der Waals surface area contributed by atoms with Gasteiger partial charge >= 0.3 is 6.09 Å². The number of amides is 1. The summed E-state index contributed by atoms with van der Waals surface area (Å²) in [5.41, 5.74) is -0.00191. The standard InChI is InChI=1S/C15H20FNO3/c1-15(2,3)20-14(18)17-9-10-7-8-19-12-6-4-5-11(16)13(10)12/h4-6,10H,7-9H2,1-3H3,(H,17,18). The van der Waals surface area contributed by atoms with Gasteiger partial charge in [-0.1, -0.05) is 6.07 Å². The van der Waals surface area contributed by atoms with Crippen LogP contribution < -0.4 is 10.1 Å². The highest BCUT2D eigenvalue weighted by Crippen LogP contribution is 2.35. The van der Waals surface area contributed by atoms with Gasteiger partial charge in [-0.2, -0.15) is 0 Å². The van der Waals surface area contributed by atoms with Crippen LogP contribution in [0.25, 0.3) is 0 Å². The van der Waals surface area contributed by atoms with E-state index in [1.807, 2.05) is 0 Å². The van der Waals surface area contributed by atoms with Gasteiger partial charge in [0.05, 0.1) is 6.61 Å². The van der Waals surface area contributed by atoms with E-state index >= 15 is 0 Å². The molecule has 1 aliphatic heterocycles. The molecule has 0 aliphatic carbocycles. The minimum absolute atomic E-state index is 0.0903. The smallest absolute Gasteiger partial charge is 0.407 e. The van der Waals surface area contributed by atoms with Crippen LogP contribution in [0.1, 0.15) is 38.7 Å². The van der Waals surface area contributed by atoms with E-state index in [2.05, 4.69) is 5.32 Å². The van der Waals surface area contributed by atoms with Crippen LogP contribution in [0.2, 0.25) is 0 Å². The average molecular weight is 281 g/mol. The van der Waals surface area contributed by atoms with Gasteiger partial charge in [0.1, 0.15) is 17.2 Å². The van der Waals surface area contributed by atoms with Gasteiger partial charge in [-0.05, 0) is 39.3 Å². The number of benzene rings is 1. The molecule has 0 aromatic heterocycles. The summed E-state index contributed by atoms with van der Waals surface area (Å²) in [6, 6.07) is 4.78. The van der Waals surface area contributed by atoms with Crippen LogP contribution in [-0.4, -0.2) is 24.8 Å². The number of halogens is 1. The van der Waals surface area contributed by atoms with Gasteiger partial charge in [0.2, 0.25) is 0 Å². The second-order valence-electron chi connectivity index (χ2n) is 5.87. The number of carbonyl (C=O) groups excluding carboxylic acids is 1. The molecule has 1 aromatic rings. The van der Waals surface area contributed by atoms with Crippen molar-refractivity contribution >= 4 is 6.09 Å². The SMILES string of the molecule is CC(C)(C)OC(=O)NCC1CCOc2cccc(F)c21. The summed E-state index contributed by atoms with van der Waals surface area (Å²) >= 11 is 0. The van der Waals surface area contributed by atoms with Crippen LogP contribution >= 0.6 is 0 Å². The highest BCUT2D eigenvalue weighted by molar-refractivity contribution is 5.67. The zero-order valence-corrected chi connectivity index (χ0v) is 12.0. The van der Waals surface area contributed by atoms with E-state index in [4.69, 9.17) is 9.47 Å². The minimum Gasteiger partial charge on any atom is -0.493 e. The van der Waals surface area contributed by atoms with Crippen molar-refractivity contribution in [3.63, 3.8) is 0 Å². The van der Waals surface area contributed by atoms with Gasteiger partial charge in [-0.3, -0.25) is 0 Å². The fraction of sp³-hybridized carbons (Fsp3) is 0.533. The average Bonchev–Trinajstić information content (AvgIpc) is 2.34. The Morgan fingerprint density at radius 1 is 1.50 bits per heavy atom. The molecule has 1 aliphatic rings. The zero-order chi connectivity index (χ0) is 14.8. The molecule has 2 rings (SSSR count). The number of nitrogens with one attached hydrogen (secondary N) is 1. The maximum atomic E-state index is 13.9. The lowest BCUT2D eigenvalue weighted by molar-refractivity contribution is 0.0521. The monoisotopic (exact) mass is 281 g/mol. The largest absolute Gasteiger partial charge is 0.493 e. The summed E-state index contributed by atoms with van der Waals surface area (Å²) in [6.07, 6.45) is 0.186. The van der Waals surface area contributed by atoms with Gasteiger partial charge in [-0.25, -0.2) is 9.18 Å². The molecule has 0 fully saturated rings. The Morgan fingerprint density at radius 2 is 2.25 bits per heavy atom. The molecule has 4 nitrogen and oxygen atoms in total. The highest BCUT2D eigenvalue weighted by atomic mass is 19.1. The molecule has 1 atom stereocenters. The predicted octanol–water partition coefficient (Wildman–Crippen LogP) is 3.22. The summed E-state index contributed by atoms with van der Waals surface area (Å²) in [5, 5.41) is 2.69. The van der Waals surface area contributed by atoms with Gasteiger partial charge in [-0.15, -0.1) is 0 Å². The van der Waals surface area contributed by atoms with Crippen molar-refractivity contribution in [2.45, 2.75) is 38.7 Å². The van der Waals surface area contributed by atoms with Crippen molar-refractivity contribution in [1.29, 1.82) is 0 Å². The first-order valence-electron chi connectivity index (χ1n) is 6.75. The fourth-order valence-corrected chi connectivity index (χ4v) is 2.22. The third-order valence-corrected chi connectivity index (χ3v) is 3.04. The number of hydrogen-bond acceptors (Lipinski definition) is 3. The maximum Gasteiger partial charge on any atom is 0.407 e. The second-order valence-corrected chi connectivity index (χ2v) is 5.87. The number of rotatable bonds is 2. The quantitative estimate of drug-likeness (QED) is 0.905. The Bertz CT molecular complexity index is 496. The Labute approximate surface area is 118 Å². The molecular formula is C15H20FNO3. The van der Waals surface area contributed by atoms with E-state index in [9.17, 15) is 9.18 Å². The molecule has 0 saturated heterocycles. The third-order valence-electron chi connectivity index (χ3n) is 3.04. The lowest BCUT2D eigenvalue weighted by Gasteiger charge is -2.27. The fourth-order valence-electron chi connectivity index (χ4n) is 2.22. The van der Waals surface area contributed by atoms with Crippen LogP contribution in [-0.2, 0) is 4.74 Å². The van der Waals surface area contributed by atoms with E-state index in [1.165, 1.54) is 6.07 Å². The van der Waals surface area contributed by atoms with Crippen molar-refractivity contribution in [3.05, 3.63) is 29.6 Å². The van der Waals surface area contributed by atoms with Crippen molar-refractivity contribution in [3.8, 4) is 5.75 Å². The Balaban J connectivity index is 2.01. The van der Waals surface area contributed by atoms with Gasteiger partial charge in [0, 0.05) is 18.0 Å². The van der Waals surface area contributed by atoms with Gasteiger partial charge in [0.15, 0.2) is 0 Å². The highest BCUT2D eigenvalue weighted by Gasteiger charge is 2.26. The van der Waals surface area contributed by atoms with Crippen LogP contribution in [0.3, 0.4) is 0 Å². The summed E-state index contributed by atoms with van der Waals surface area (Å²) in [5.74, 6) is 0.179. The van der Waals surface area contributed by atoms with E-state index in [0.717, 1.165) is 0 Å². The molecule has 5 heteroatoms. The van der Waals surface area contributed by atoms with Gasteiger partial charge < -0.3 is 14.8 Å². The van der Waals surface area contributed by atoms with Crippen LogP contribution in [0, 0.1) is 5.82 Å². The first-order chi connectivity index (χ1) is 9.37. The normalized spacial score (nSPS) is 17.9. The second kappa shape index (κ2) is 5.69. The molecule has 0 saturated carbocycles. The summed E-state index contributed by atoms with van der Waals surface area (Å²) in [4.78, 5) is 11.6. The molecule has 1 heterocycles. The number of alkyl carbamates (subject to hydrolysis) is 1. The first-order valence-corrected chi connectivity index (χ1v) is 6.75. The van der Waals surface area contributed by atoms with Gasteiger partial charge in [0.25, 0.3) is 0 Å². The van der Waals surface area contributed by atoms with Crippen LogP contribution in [0.5, 0.6) is 5.75 Å². The maximum absolute atomic E-state index is 13.9. The first kappa shape index (κ1) is 14.6. The molecule has 1 amide bonds. The Hall–Kier alpha value is -1.78. The zero-order valence-electron chi connectivity index (χ0n) is 12.0. The predicted molar refractivity (Wildman–Crippen MR) is 73.5 cm³/mol. The molecule has 1 aromatic carbocycles. The number of ether oxygens (including phenoxy) is 2. The third kappa shape index (κ3) is 3.62. The van der Waals surface area contributed by atoms with E-state index in [0.29, 0.717) is 30.9 Å². The Morgan fingerprint density at radius 3 is 2.95 bits per heavy atom. The Kier molecular flexibility index (Phi) is 4.16. The summed E-state index contributed by atoms with van der Waals surface area (Å²) < 4.78 is 24.5. The lowest BCUT2D eigenvalue weighted by atomic mass is 9.92. The lowest BCUT2D eigenvalue weighted by Crippen LogP contribution is -2.36. The van der Waals surface area contributed by atoms with Crippen molar-refractivity contribution in [2.75, 3.05) is 13.2 Å². The summed E-state index contributed by atoms with van der Waals surface area (Å²) in [6.45, 7) is 6.27. The minimum atomic E-state index is -0.539. The molecule has 20 heavy (non-hydrogen) atoms. The summed E-state index contributed by atoms with van der Waals surface area (Å²) in [7, 11) is 0. The number of fused-ring (bicyclic) bond motifs is 1. The van der Waals surface area contributed by atoms with Crippen LogP contribution in [0.15, 0.2) is 18.2 Å². The number of hydrogen-bond donors (Lipinski definition) is 1. The van der Waals surface area contributed by atoms with E-state index in [-0.39, 0.29) is 11.7 Å². The molecular weight excluding hydrogens is 261 g/mol. The molecule has 0 bridgehead atoms. The van der Waals surface area contributed by atoms with Crippen molar-refractivity contribution < 1.29 is 18.7 Å². The molecule has 0 radical (unpaired) electrons. The van der Waals surface area contributed by atoms with Crippen molar-refractivity contribution in [1.82, 2.24) is 5.32 Å².